The summed E-state index contributed by atoms with van der Waals surface area (Å²) < 4.78 is 47.4. The Morgan fingerprint density at radius 2 is 2.04 bits per heavy atom. The lowest BCUT2D eigenvalue weighted by Gasteiger charge is -2.09. The van der Waals surface area contributed by atoms with E-state index in [-0.39, 0.29) is 5.52 Å². The van der Waals surface area contributed by atoms with Crippen LogP contribution >= 0.6 is 0 Å². The van der Waals surface area contributed by atoms with Crippen LogP contribution in [0.5, 0.6) is 5.88 Å². The molecule has 0 saturated carbocycles. The van der Waals surface area contributed by atoms with E-state index < -0.39 is 18.8 Å². The van der Waals surface area contributed by atoms with Gasteiger partial charge < -0.3 is 19.6 Å². The third-order valence-corrected chi connectivity index (χ3v) is 4.55. The Hall–Kier alpha value is -3.30. The summed E-state index contributed by atoms with van der Waals surface area (Å²) in [5.41, 5.74) is 1.93. The van der Waals surface area contributed by atoms with Crippen molar-refractivity contribution >= 4 is 28.0 Å². The molecule has 3 aromatic heterocycles. The normalized spacial score (nSPS) is 11.7. The lowest BCUT2D eigenvalue weighted by molar-refractivity contribution is 0.127. The number of alkyl halides is 2. The number of hydrogen-bond donors (Lipinski definition) is 2. The quantitative estimate of drug-likeness (QED) is 0.543. The number of anilines is 1. The molecule has 10 heteroatoms. The second-order valence-electron chi connectivity index (χ2n) is 6.22. The van der Waals surface area contributed by atoms with Crippen LogP contribution in [-0.2, 0) is 6.54 Å². The Labute approximate surface area is 157 Å². The van der Waals surface area contributed by atoms with E-state index in [1.807, 2.05) is 0 Å². The zero-order valence-corrected chi connectivity index (χ0v) is 15.3. The number of fused-ring (bicyclic) bond motifs is 2. The molecule has 7 nitrogen and oxygen atoms in total. The van der Waals surface area contributed by atoms with Gasteiger partial charge in [0, 0.05) is 18.8 Å². The lowest BCUT2D eigenvalue weighted by Crippen LogP contribution is -2.08. The van der Waals surface area contributed by atoms with Crippen molar-refractivity contribution in [1.82, 2.24) is 24.5 Å². The van der Waals surface area contributed by atoms with Crippen molar-refractivity contribution in [2.24, 2.45) is 0 Å². The largest absolute Gasteiger partial charge is 0.480 e. The molecular formula is C18H17F3N6O. The standard InChI is InChI=1S/C18H17F3N6O/c1-8-24-15-11(19)4-9(5-12(15)27(8)7-13(20)21)10-6-23-16-14(10)17(28-3)26-18(22-2)25-16/h4-6,13H,7H2,1-3H3,(H2,22,23,25,26). The van der Waals surface area contributed by atoms with Crippen LogP contribution in [0.25, 0.3) is 33.2 Å². The first-order valence-electron chi connectivity index (χ1n) is 8.48. The van der Waals surface area contributed by atoms with E-state index in [2.05, 4.69) is 25.3 Å². The van der Waals surface area contributed by atoms with Crippen molar-refractivity contribution < 1.29 is 17.9 Å². The molecule has 0 aliphatic heterocycles. The van der Waals surface area contributed by atoms with Gasteiger partial charge in [-0.1, -0.05) is 0 Å². The highest BCUT2D eigenvalue weighted by atomic mass is 19.3. The number of nitrogens with one attached hydrogen (secondary N) is 2. The molecule has 2 N–H and O–H groups in total. The van der Waals surface area contributed by atoms with Crippen LogP contribution in [0.1, 0.15) is 5.82 Å². The monoisotopic (exact) mass is 390 g/mol. The van der Waals surface area contributed by atoms with Gasteiger partial charge in [0.25, 0.3) is 6.43 Å². The average molecular weight is 390 g/mol. The van der Waals surface area contributed by atoms with Crippen LogP contribution in [0.3, 0.4) is 0 Å². The lowest BCUT2D eigenvalue weighted by atomic mass is 10.1. The molecule has 0 unspecified atom stereocenters. The van der Waals surface area contributed by atoms with Gasteiger partial charge in [-0.25, -0.2) is 18.2 Å². The van der Waals surface area contributed by atoms with Gasteiger partial charge in [0.2, 0.25) is 11.8 Å². The summed E-state index contributed by atoms with van der Waals surface area (Å²) in [5, 5.41) is 3.41. The van der Waals surface area contributed by atoms with Crippen LogP contribution in [0.2, 0.25) is 0 Å². The van der Waals surface area contributed by atoms with Gasteiger partial charge in [-0.3, -0.25) is 0 Å². The second kappa shape index (κ2) is 6.70. The SMILES string of the molecule is CNc1nc(OC)c2c(-c3cc(F)c4nc(C)n(CC(F)F)c4c3)c[nH]c2n1. The summed E-state index contributed by atoms with van der Waals surface area (Å²) >= 11 is 0. The maximum absolute atomic E-state index is 14.7. The number of aryl methyl sites for hydroxylation is 1. The fourth-order valence-electron chi connectivity index (χ4n) is 3.31. The first kappa shape index (κ1) is 18.1. The summed E-state index contributed by atoms with van der Waals surface area (Å²) in [7, 11) is 3.16. The number of aromatic nitrogens is 5. The summed E-state index contributed by atoms with van der Waals surface area (Å²) in [4.78, 5) is 15.7. The smallest absolute Gasteiger partial charge is 0.256 e. The molecule has 3 heterocycles. The number of ether oxygens (including phenoxy) is 1. The number of aromatic amines is 1. The number of nitrogens with zero attached hydrogens (tertiary/aromatic N) is 4. The maximum atomic E-state index is 14.7. The Bertz CT molecular complexity index is 1180. The van der Waals surface area contributed by atoms with E-state index in [4.69, 9.17) is 4.74 Å². The number of methoxy groups -OCH3 is 1. The number of hydrogen-bond acceptors (Lipinski definition) is 5. The second-order valence-corrected chi connectivity index (χ2v) is 6.22. The van der Waals surface area contributed by atoms with Crippen molar-refractivity contribution in [2.45, 2.75) is 19.9 Å². The van der Waals surface area contributed by atoms with Crippen molar-refractivity contribution in [3.63, 3.8) is 0 Å². The van der Waals surface area contributed by atoms with Crippen molar-refractivity contribution in [3.8, 4) is 17.0 Å². The molecule has 0 spiro atoms. The van der Waals surface area contributed by atoms with Crippen molar-refractivity contribution in [1.29, 1.82) is 0 Å². The molecular weight excluding hydrogens is 373 g/mol. The van der Waals surface area contributed by atoms with Gasteiger partial charge in [0.1, 0.15) is 17.0 Å². The summed E-state index contributed by atoms with van der Waals surface area (Å²) in [6.45, 7) is 1.01. The minimum atomic E-state index is -2.58. The summed E-state index contributed by atoms with van der Waals surface area (Å²) in [5.74, 6) is 0.406. The van der Waals surface area contributed by atoms with E-state index in [9.17, 15) is 13.2 Å². The maximum Gasteiger partial charge on any atom is 0.256 e. The number of imidazole rings is 1. The minimum Gasteiger partial charge on any atom is -0.480 e. The zero-order valence-electron chi connectivity index (χ0n) is 15.3. The molecule has 0 fully saturated rings. The molecule has 1 aromatic carbocycles. The number of H-pyrrole nitrogens is 1. The highest BCUT2D eigenvalue weighted by molar-refractivity contribution is 5.99. The molecule has 0 aliphatic carbocycles. The average Bonchev–Trinajstić information content (AvgIpc) is 3.23. The van der Waals surface area contributed by atoms with Crippen LogP contribution in [0, 0.1) is 12.7 Å². The highest BCUT2D eigenvalue weighted by Gasteiger charge is 2.20. The van der Waals surface area contributed by atoms with Gasteiger partial charge >= 0.3 is 0 Å². The van der Waals surface area contributed by atoms with Crippen LogP contribution in [-0.4, -0.2) is 45.1 Å². The number of benzene rings is 1. The molecule has 0 atom stereocenters. The van der Waals surface area contributed by atoms with Crippen LogP contribution in [0.4, 0.5) is 19.1 Å². The van der Waals surface area contributed by atoms with Gasteiger partial charge in [0.15, 0.2) is 5.82 Å². The first-order chi connectivity index (χ1) is 13.4. The fraction of sp³-hybridized carbons (Fsp3) is 0.278. The van der Waals surface area contributed by atoms with E-state index in [1.54, 1.807) is 26.2 Å². The van der Waals surface area contributed by atoms with Crippen LogP contribution < -0.4 is 10.1 Å². The first-order valence-corrected chi connectivity index (χ1v) is 8.48. The van der Waals surface area contributed by atoms with Crippen molar-refractivity contribution in [2.75, 3.05) is 19.5 Å². The molecule has 0 saturated heterocycles. The predicted molar refractivity (Wildman–Crippen MR) is 99.4 cm³/mol. The Balaban J connectivity index is 1.97. The Morgan fingerprint density at radius 3 is 2.71 bits per heavy atom. The molecule has 0 bridgehead atoms. The summed E-state index contributed by atoms with van der Waals surface area (Å²) in [6.07, 6.45) is -0.924. The van der Waals surface area contributed by atoms with E-state index in [0.29, 0.717) is 45.3 Å². The van der Waals surface area contributed by atoms with E-state index in [1.165, 1.54) is 17.7 Å². The summed E-state index contributed by atoms with van der Waals surface area (Å²) in [6, 6.07) is 2.95. The fourth-order valence-corrected chi connectivity index (χ4v) is 3.31. The number of rotatable bonds is 5. The number of halogens is 3. The topological polar surface area (TPSA) is 80.7 Å². The Kier molecular flexibility index (Phi) is 4.33. The molecule has 0 radical (unpaired) electrons. The molecule has 146 valence electrons. The van der Waals surface area contributed by atoms with Gasteiger partial charge in [0.05, 0.1) is 24.6 Å². The predicted octanol–water partition coefficient (Wildman–Crippen LogP) is 3.74. The Morgan fingerprint density at radius 1 is 1.25 bits per heavy atom. The zero-order chi connectivity index (χ0) is 20.0. The van der Waals surface area contributed by atoms with Crippen LogP contribution in [0.15, 0.2) is 18.3 Å². The molecule has 28 heavy (non-hydrogen) atoms. The van der Waals surface area contributed by atoms with E-state index >= 15 is 0 Å². The van der Waals surface area contributed by atoms with E-state index in [0.717, 1.165) is 0 Å². The van der Waals surface area contributed by atoms with Crippen molar-refractivity contribution in [3.05, 3.63) is 30.0 Å². The highest BCUT2D eigenvalue weighted by Crippen LogP contribution is 2.36. The van der Waals surface area contributed by atoms with Gasteiger partial charge in [-0.15, -0.1) is 0 Å². The molecule has 4 aromatic rings. The van der Waals surface area contributed by atoms with Gasteiger partial charge in [-0.2, -0.15) is 9.97 Å². The minimum absolute atomic E-state index is 0.0578. The van der Waals surface area contributed by atoms with Gasteiger partial charge in [-0.05, 0) is 24.6 Å². The molecule has 4 rings (SSSR count). The third kappa shape index (κ3) is 2.81. The third-order valence-electron chi connectivity index (χ3n) is 4.55. The molecule has 0 aliphatic rings. The molecule has 0 amide bonds.